The van der Waals surface area contributed by atoms with Gasteiger partial charge in [-0.3, -0.25) is 5.43 Å². The zero-order valence-electron chi connectivity index (χ0n) is 14.9. The highest BCUT2D eigenvalue weighted by molar-refractivity contribution is 7.80. The zero-order chi connectivity index (χ0) is 18.2. The Hall–Kier alpha value is -2.44. The maximum atomic E-state index is 5.34. The Balaban J connectivity index is 2.03. The van der Waals surface area contributed by atoms with E-state index in [9.17, 15) is 0 Å². The first-order valence-corrected chi connectivity index (χ1v) is 8.28. The minimum Gasteiger partial charge on any atom is -0.496 e. The van der Waals surface area contributed by atoms with Crippen LogP contribution in [0.25, 0.3) is 0 Å². The molecule has 0 atom stereocenters. The number of hydrogen-bond donors (Lipinski definition) is 2. The van der Waals surface area contributed by atoms with Gasteiger partial charge in [-0.15, -0.1) is 0 Å². The van der Waals surface area contributed by atoms with Crippen LogP contribution in [0, 0.1) is 6.92 Å². The molecule has 6 heteroatoms. The lowest BCUT2D eigenvalue weighted by Crippen LogP contribution is -2.25. The summed E-state index contributed by atoms with van der Waals surface area (Å²) in [5, 5.41) is 7.88. The number of nitrogens with zero attached hydrogens (tertiary/aromatic N) is 1. The van der Waals surface area contributed by atoms with Crippen molar-refractivity contribution in [2.45, 2.75) is 20.5 Å². The van der Waals surface area contributed by atoms with Crippen molar-refractivity contribution in [3.63, 3.8) is 0 Å². The molecule has 25 heavy (non-hydrogen) atoms. The molecule has 0 aliphatic heterocycles. The second-order valence-electron chi connectivity index (χ2n) is 5.59. The second kappa shape index (κ2) is 9.15. The summed E-state index contributed by atoms with van der Waals surface area (Å²) in [6.07, 6.45) is 0. The minimum atomic E-state index is 0.439. The van der Waals surface area contributed by atoms with Crippen LogP contribution in [0.5, 0.6) is 5.75 Å². The number of ether oxygens (including phenoxy) is 2. The maximum absolute atomic E-state index is 5.34. The molecule has 0 bridgehead atoms. The monoisotopic (exact) mass is 357 g/mol. The SMILES string of the molecule is COCc1cc(/C(C)=N\NC(=S)Nc2ccc(C)cc2)ccc1OC. The van der Waals surface area contributed by atoms with Crippen molar-refractivity contribution in [1.82, 2.24) is 5.43 Å². The molecule has 0 unspecified atom stereocenters. The van der Waals surface area contributed by atoms with E-state index in [1.165, 1.54) is 5.56 Å². The van der Waals surface area contributed by atoms with Gasteiger partial charge in [0, 0.05) is 18.4 Å². The van der Waals surface area contributed by atoms with Crippen LogP contribution in [0.4, 0.5) is 5.69 Å². The number of hydrazone groups is 1. The highest BCUT2D eigenvalue weighted by atomic mass is 32.1. The largest absolute Gasteiger partial charge is 0.496 e. The molecular formula is C19H23N3O2S. The van der Waals surface area contributed by atoms with Gasteiger partial charge >= 0.3 is 0 Å². The summed E-state index contributed by atoms with van der Waals surface area (Å²) in [5.41, 5.74) is 7.74. The third-order valence-electron chi connectivity index (χ3n) is 3.63. The summed E-state index contributed by atoms with van der Waals surface area (Å²) in [6, 6.07) is 13.9. The van der Waals surface area contributed by atoms with Crippen LogP contribution < -0.4 is 15.5 Å². The minimum absolute atomic E-state index is 0.439. The molecule has 0 aromatic heterocycles. The molecule has 0 amide bonds. The van der Waals surface area contributed by atoms with Crippen LogP contribution in [0.15, 0.2) is 47.6 Å². The zero-order valence-corrected chi connectivity index (χ0v) is 15.7. The Morgan fingerprint density at radius 3 is 2.48 bits per heavy atom. The molecule has 2 N–H and O–H groups in total. The van der Waals surface area contributed by atoms with Crippen molar-refractivity contribution >= 4 is 28.7 Å². The molecule has 0 aliphatic rings. The van der Waals surface area contributed by atoms with Crippen LogP contribution in [-0.4, -0.2) is 25.0 Å². The van der Waals surface area contributed by atoms with Crippen LogP contribution in [0.2, 0.25) is 0 Å². The molecule has 2 aromatic carbocycles. The summed E-state index contributed by atoms with van der Waals surface area (Å²) in [7, 11) is 3.30. The molecule has 2 rings (SSSR count). The van der Waals surface area contributed by atoms with Crippen molar-refractivity contribution < 1.29 is 9.47 Å². The normalized spacial score (nSPS) is 11.1. The third-order valence-corrected chi connectivity index (χ3v) is 3.83. The Morgan fingerprint density at radius 1 is 1.12 bits per heavy atom. The molecular weight excluding hydrogens is 334 g/mol. The van der Waals surface area contributed by atoms with Gasteiger partial charge in [0.05, 0.1) is 19.4 Å². The van der Waals surface area contributed by atoms with Crippen molar-refractivity contribution in [1.29, 1.82) is 0 Å². The Bertz CT molecular complexity index is 758. The van der Waals surface area contributed by atoms with Gasteiger partial charge in [-0.05, 0) is 62.0 Å². The number of hydrogen-bond acceptors (Lipinski definition) is 4. The van der Waals surface area contributed by atoms with E-state index in [0.717, 1.165) is 28.3 Å². The number of thiocarbonyl (C=S) groups is 1. The van der Waals surface area contributed by atoms with E-state index in [2.05, 4.69) is 15.8 Å². The van der Waals surface area contributed by atoms with E-state index < -0.39 is 0 Å². The fourth-order valence-corrected chi connectivity index (χ4v) is 2.43. The number of aryl methyl sites for hydroxylation is 1. The molecule has 2 aromatic rings. The van der Waals surface area contributed by atoms with Gasteiger partial charge in [0.1, 0.15) is 5.75 Å². The van der Waals surface area contributed by atoms with E-state index >= 15 is 0 Å². The molecule has 0 saturated carbocycles. The molecule has 0 heterocycles. The molecule has 0 aliphatic carbocycles. The van der Waals surface area contributed by atoms with Crippen molar-refractivity contribution in [3.8, 4) is 5.75 Å². The first-order chi connectivity index (χ1) is 12.0. The Morgan fingerprint density at radius 2 is 1.84 bits per heavy atom. The lowest BCUT2D eigenvalue weighted by atomic mass is 10.1. The Labute approximate surface area is 154 Å². The number of anilines is 1. The maximum Gasteiger partial charge on any atom is 0.191 e. The average Bonchev–Trinajstić information content (AvgIpc) is 2.62. The topological polar surface area (TPSA) is 54.9 Å². The lowest BCUT2D eigenvalue weighted by Gasteiger charge is -2.11. The molecule has 0 radical (unpaired) electrons. The predicted molar refractivity (Wildman–Crippen MR) is 106 cm³/mol. The van der Waals surface area contributed by atoms with E-state index in [4.69, 9.17) is 21.7 Å². The molecule has 0 fully saturated rings. The second-order valence-corrected chi connectivity index (χ2v) is 6.00. The first kappa shape index (κ1) is 18.9. The summed E-state index contributed by atoms with van der Waals surface area (Å²) in [5.74, 6) is 0.794. The van der Waals surface area contributed by atoms with Crippen molar-refractivity contribution in [2.24, 2.45) is 5.10 Å². The molecule has 132 valence electrons. The standard InChI is InChI=1S/C19H23N3O2S/c1-13-5-8-17(9-6-13)20-19(25)22-21-14(2)15-7-10-18(24-4)16(11-15)12-23-3/h5-11H,12H2,1-4H3,(H2,20,22,25)/b21-14-. The highest BCUT2D eigenvalue weighted by Gasteiger charge is 2.06. The van der Waals surface area contributed by atoms with E-state index in [-0.39, 0.29) is 0 Å². The quantitative estimate of drug-likeness (QED) is 0.467. The predicted octanol–water partition coefficient (Wildman–Crippen LogP) is 3.86. The molecule has 5 nitrogen and oxygen atoms in total. The number of nitrogens with one attached hydrogen (secondary N) is 2. The van der Waals surface area contributed by atoms with Gasteiger partial charge in [-0.2, -0.15) is 5.10 Å². The van der Waals surface area contributed by atoms with Gasteiger partial charge in [0.15, 0.2) is 5.11 Å². The van der Waals surface area contributed by atoms with Gasteiger partial charge in [0.25, 0.3) is 0 Å². The number of rotatable bonds is 6. The Kier molecular flexibility index (Phi) is 6.91. The van der Waals surface area contributed by atoms with Crippen molar-refractivity contribution in [2.75, 3.05) is 19.5 Å². The fourth-order valence-electron chi connectivity index (χ4n) is 2.27. The van der Waals surface area contributed by atoms with Crippen LogP contribution >= 0.6 is 12.2 Å². The van der Waals surface area contributed by atoms with Gasteiger partial charge < -0.3 is 14.8 Å². The highest BCUT2D eigenvalue weighted by Crippen LogP contribution is 2.21. The van der Waals surface area contributed by atoms with Crippen LogP contribution in [-0.2, 0) is 11.3 Å². The van der Waals surface area contributed by atoms with E-state index in [1.807, 2.05) is 56.3 Å². The number of benzene rings is 2. The smallest absolute Gasteiger partial charge is 0.191 e. The summed E-state index contributed by atoms with van der Waals surface area (Å²) >= 11 is 5.27. The van der Waals surface area contributed by atoms with E-state index in [1.54, 1.807) is 14.2 Å². The van der Waals surface area contributed by atoms with Gasteiger partial charge in [-0.1, -0.05) is 17.7 Å². The molecule has 0 saturated heterocycles. The van der Waals surface area contributed by atoms with Crippen LogP contribution in [0.1, 0.15) is 23.6 Å². The lowest BCUT2D eigenvalue weighted by molar-refractivity contribution is 0.181. The van der Waals surface area contributed by atoms with Crippen molar-refractivity contribution in [3.05, 3.63) is 59.2 Å². The summed E-state index contributed by atoms with van der Waals surface area (Å²) in [6.45, 7) is 4.44. The summed E-state index contributed by atoms with van der Waals surface area (Å²) in [4.78, 5) is 0. The van der Waals surface area contributed by atoms with Crippen LogP contribution in [0.3, 0.4) is 0 Å². The first-order valence-electron chi connectivity index (χ1n) is 7.87. The summed E-state index contributed by atoms with van der Waals surface area (Å²) < 4.78 is 10.6. The van der Waals surface area contributed by atoms with E-state index in [0.29, 0.717) is 11.7 Å². The molecule has 0 spiro atoms. The van der Waals surface area contributed by atoms with Gasteiger partial charge in [0.2, 0.25) is 0 Å². The fraction of sp³-hybridized carbons (Fsp3) is 0.263. The number of methoxy groups -OCH3 is 2. The third kappa shape index (κ3) is 5.55. The van der Waals surface area contributed by atoms with Gasteiger partial charge in [-0.25, -0.2) is 0 Å². The average molecular weight is 357 g/mol.